The molecule has 0 aromatic carbocycles. The van der Waals surface area contributed by atoms with E-state index in [1.165, 1.54) is 15.4 Å². The Labute approximate surface area is 157 Å². The largest absolute Gasteiger partial charge is 0.374 e. The molecule has 3 aromatic rings. The third kappa shape index (κ3) is 3.85. The Morgan fingerprint density at radius 3 is 2.96 bits per heavy atom. The van der Waals surface area contributed by atoms with Gasteiger partial charge in [0.1, 0.15) is 5.69 Å². The minimum absolute atomic E-state index is 0.267. The summed E-state index contributed by atoms with van der Waals surface area (Å²) in [6, 6.07) is 10.3. The molecule has 0 unspecified atom stereocenters. The Morgan fingerprint density at radius 1 is 1.27 bits per heavy atom. The van der Waals surface area contributed by atoms with Crippen LogP contribution in [0.3, 0.4) is 0 Å². The molecule has 26 heavy (non-hydrogen) atoms. The molecule has 0 saturated heterocycles. The van der Waals surface area contributed by atoms with Gasteiger partial charge < -0.3 is 4.74 Å². The van der Waals surface area contributed by atoms with Crippen LogP contribution in [-0.4, -0.2) is 38.0 Å². The van der Waals surface area contributed by atoms with E-state index in [9.17, 15) is 0 Å². The standard InChI is InChI=1S/C19H23N5OS/c1-14-6-7-17(26-14)10-24-9-15(19-18(11-24)21-22-23(19)2)12-25-13-16-5-3-4-8-20-16/h3-8,15H,9-13H2,1-2H3/t15-/m1/s1. The molecule has 6 nitrogen and oxygen atoms in total. The van der Waals surface area contributed by atoms with E-state index in [2.05, 4.69) is 39.3 Å². The van der Waals surface area contributed by atoms with E-state index in [-0.39, 0.29) is 5.92 Å². The lowest BCUT2D eigenvalue weighted by molar-refractivity contribution is 0.0814. The van der Waals surface area contributed by atoms with Crippen LogP contribution in [0.4, 0.5) is 0 Å². The Kier molecular flexibility index (Phi) is 5.10. The number of ether oxygens (including phenoxy) is 1. The van der Waals surface area contributed by atoms with Gasteiger partial charge in [-0.2, -0.15) is 0 Å². The fraction of sp³-hybridized carbons (Fsp3) is 0.421. The summed E-state index contributed by atoms with van der Waals surface area (Å²) in [5.74, 6) is 0.267. The van der Waals surface area contributed by atoms with Crippen LogP contribution in [0.2, 0.25) is 0 Å². The third-order valence-corrected chi connectivity index (χ3v) is 5.64. The summed E-state index contributed by atoms with van der Waals surface area (Å²) < 4.78 is 7.89. The van der Waals surface area contributed by atoms with E-state index in [1.54, 1.807) is 6.20 Å². The van der Waals surface area contributed by atoms with E-state index >= 15 is 0 Å². The van der Waals surface area contributed by atoms with Crippen molar-refractivity contribution in [3.05, 3.63) is 63.4 Å². The predicted molar refractivity (Wildman–Crippen MR) is 101 cm³/mol. The Bertz CT molecular complexity index is 860. The number of hydrogen-bond donors (Lipinski definition) is 0. The number of hydrogen-bond acceptors (Lipinski definition) is 6. The van der Waals surface area contributed by atoms with Gasteiger partial charge in [-0.15, -0.1) is 16.4 Å². The van der Waals surface area contributed by atoms with E-state index in [1.807, 2.05) is 41.3 Å². The van der Waals surface area contributed by atoms with Crippen LogP contribution < -0.4 is 0 Å². The normalized spacial score (nSPS) is 17.4. The number of fused-ring (bicyclic) bond motifs is 1. The van der Waals surface area contributed by atoms with Crippen molar-refractivity contribution in [2.75, 3.05) is 13.2 Å². The molecule has 7 heteroatoms. The summed E-state index contributed by atoms with van der Waals surface area (Å²) in [6.45, 7) is 6.07. The molecule has 0 bridgehead atoms. The molecule has 1 atom stereocenters. The number of aryl methyl sites for hydroxylation is 2. The molecular formula is C19H23N5OS. The molecule has 0 saturated carbocycles. The quantitative estimate of drug-likeness (QED) is 0.669. The highest BCUT2D eigenvalue weighted by Gasteiger charge is 2.30. The van der Waals surface area contributed by atoms with Crippen molar-refractivity contribution in [2.45, 2.75) is 32.5 Å². The maximum atomic E-state index is 5.99. The molecule has 4 heterocycles. The van der Waals surface area contributed by atoms with Crippen LogP contribution >= 0.6 is 11.3 Å². The Hall–Kier alpha value is -2.09. The molecule has 4 rings (SSSR count). The minimum atomic E-state index is 0.267. The van der Waals surface area contributed by atoms with Crippen LogP contribution in [0.1, 0.15) is 32.8 Å². The second-order valence-corrected chi connectivity index (χ2v) is 8.13. The van der Waals surface area contributed by atoms with Gasteiger partial charge >= 0.3 is 0 Å². The summed E-state index contributed by atoms with van der Waals surface area (Å²) in [5, 5.41) is 8.61. The third-order valence-electron chi connectivity index (χ3n) is 4.65. The molecule has 0 aliphatic carbocycles. The first-order valence-electron chi connectivity index (χ1n) is 8.83. The summed E-state index contributed by atoms with van der Waals surface area (Å²) in [4.78, 5) is 9.51. The number of thiophene rings is 1. The second kappa shape index (κ2) is 7.65. The zero-order valence-electron chi connectivity index (χ0n) is 15.1. The average Bonchev–Trinajstić information content (AvgIpc) is 3.22. The van der Waals surface area contributed by atoms with Crippen LogP contribution in [0.5, 0.6) is 0 Å². The maximum Gasteiger partial charge on any atom is 0.100 e. The Morgan fingerprint density at radius 2 is 2.19 bits per heavy atom. The zero-order chi connectivity index (χ0) is 17.9. The second-order valence-electron chi connectivity index (χ2n) is 6.76. The maximum absolute atomic E-state index is 5.99. The summed E-state index contributed by atoms with van der Waals surface area (Å²) in [5.41, 5.74) is 3.22. The summed E-state index contributed by atoms with van der Waals surface area (Å²) >= 11 is 1.86. The molecule has 0 fully saturated rings. The summed E-state index contributed by atoms with van der Waals surface area (Å²) in [6.07, 6.45) is 1.80. The van der Waals surface area contributed by atoms with Gasteiger partial charge in [0, 0.05) is 48.6 Å². The van der Waals surface area contributed by atoms with Crippen LogP contribution in [0.15, 0.2) is 36.5 Å². The zero-order valence-corrected chi connectivity index (χ0v) is 15.9. The van der Waals surface area contributed by atoms with E-state index in [4.69, 9.17) is 4.74 Å². The first-order chi connectivity index (χ1) is 12.7. The van der Waals surface area contributed by atoms with Crippen molar-refractivity contribution in [1.29, 1.82) is 0 Å². The highest BCUT2D eigenvalue weighted by molar-refractivity contribution is 7.11. The molecule has 0 N–H and O–H groups in total. The SMILES string of the molecule is Cc1ccc(CN2Cc3nnn(C)c3[C@@H](COCc3ccccn3)C2)s1. The van der Waals surface area contributed by atoms with Crippen molar-refractivity contribution >= 4 is 11.3 Å². The van der Waals surface area contributed by atoms with E-state index in [0.29, 0.717) is 13.2 Å². The number of nitrogens with zero attached hydrogens (tertiary/aromatic N) is 5. The first-order valence-corrected chi connectivity index (χ1v) is 9.64. The first kappa shape index (κ1) is 17.3. The predicted octanol–water partition coefficient (Wildman–Crippen LogP) is 2.90. The van der Waals surface area contributed by atoms with E-state index in [0.717, 1.165) is 31.0 Å². The monoisotopic (exact) mass is 369 g/mol. The van der Waals surface area contributed by atoms with Crippen molar-refractivity contribution in [3.8, 4) is 0 Å². The molecule has 1 aliphatic rings. The smallest absolute Gasteiger partial charge is 0.100 e. The van der Waals surface area contributed by atoms with Crippen molar-refractivity contribution < 1.29 is 4.74 Å². The molecule has 0 amide bonds. The highest BCUT2D eigenvalue weighted by Crippen LogP contribution is 2.29. The average molecular weight is 369 g/mol. The minimum Gasteiger partial charge on any atom is -0.374 e. The van der Waals surface area contributed by atoms with Gasteiger partial charge in [0.25, 0.3) is 0 Å². The number of aromatic nitrogens is 4. The molecule has 0 spiro atoms. The summed E-state index contributed by atoms with van der Waals surface area (Å²) in [7, 11) is 1.97. The van der Waals surface area contributed by atoms with Crippen molar-refractivity contribution in [2.24, 2.45) is 7.05 Å². The van der Waals surface area contributed by atoms with Gasteiger partial charge in [0.05, 0.1) is 24.6 Å². The molecule has 0 radical (unpaired) electrons. The fourth-order valence-electron chi connectivity index (χ4n) is 3.53. The molecule has 3 aromatic heterocycles. The molecule has 136 valence electrons. The van der Waals surface area contributed by atoms with Crippen molar-refractivity contribution in [3.63, 3.8) is 0 Å². The lowest BCUT2D eigenvalue weighted by Crippen LogP contribution is -2.35. The Balaban J connectivity index is 1.44. The molecular weight excluding hydrogens is 346 g/mol. The van der Waals surface area contributed by atoms with Gasteiger partial charge in [-0.3, -0.25) is 14.6 Å². The number of rotatable bonds is 6. The van der Waals surface area contributed by atoms with Gasteiger partial charge in [-0.25, -0.2) is 0 Å². The van der Waals surface area contributed by atoms with Crippen LogP contribution in [0, 0.1) is 6.92 Å². The topological polar surface area (TPSA) is 56.1 Å². The van der Waals surface area contributed by atoms with Crippen LogP contribution in [-0.2, 0) is 31.5 Å². The fourth-order valence-corrected chi connectivity index (χ4v) is 4.46. The van der Waals surface area contributed by atoms with E-state index < -0.39 is 0 Å². The van der Waals surface area contributed by atoms with Gasteiger partial charge in [-0.05, 0) is 31.2 Å². The van der Waals surface area contributed by atoms with Gasteiger partial charge in [-0.1, -0.05) is 11.3 Å². The number of pyridine rings is 1. The van der Waals surface area contributed by atoms with Gasteiger partial charge in [0.2, 0.25) is 0 Å². The van der Waals surface area contributed by atoms with Crippen molar-refractivity contribution in [1.82, 2.24) is 24.9 Å². The lowest BCUT2D eigenvalue weighted by Gasteiger charge is -2.31. The molecule has 1 aliphatic heterocycles. The van der Waals surface area contributed by atoms with Crippen LogP contribution in [0.25, 0.3) is 0 Å². The lowest BCUT2D eigenvalue weighted by atomic mass is 9.99. The highest BCUT2D eigenvalue weighted by atomic mass is 32.1. The van der Waals surface area contributed by atoms with Gasteiger partial charge in [0.15, 0.2) is 0 Å².